The highest BCUT2D eigenvalue weighted by Crippen LogP contribution is 2.32. The van der Waals surface area contributed by atoms with Crippen molar-refractivity contribution < 1.29 is 4.79 Å². The summed E-state index contributed by atoms with van der Waals surface area (Å²) in [5, 5.41) is 1.03. The molecular formula is C19H21N5OS. The normalized spacial score (nSPS) is 14.9. The minimum atomic E-state index is 0.108. The average molecular weight is 367 g/mol. The van der Waals surface area contributed by atoms with Gasteiger partial charge in [0.1, 0.15) is 10.7 Å². The van der Waals surface area contributed by atoms with E-state index in [-0.39, 0.29) is 5.91 Å². The van der Waals surface area contributed by atoms with Crippen LogP contribution in [0.3, 0.4) is 0 Å². The van der Waals surface area contributed by atoms with E-state index in [2.05, 4.69) is 19.9 Å². The molecule has 0 radical (unpaired) electrons. The van der Waals surface area contributed by atoms with E-state index in [1.807, 2.05) is 37.8 Å². The van der Waals surface area contributed by atoms with Crippen molar-refractivity contribution in [3.8, 4) is 0 Å². The van der Waals surface area contributed by atoms with Gasteiger partial charge in [-0.25, -0.2) is 9.97 Å². The van der Waals surface area contributed by atoms with Gasteiger partial charge < -0.3 is 9.80 Å². The van der Waals surface area contributed by atoms with Gasteiger partial charge in [0.2, 0.25) is 0 Å². The summed E-state index contributed by atoms with van der Waals surface area (Å²) in [6.07, 6.45) is 3.61. The molecule has 0 unspecified atom stereocenters. The number of thiophene rings is 1. The maximum absolute atomic E-state index is 13.1. The number of rotatable bonds is 2. The average Bonchev–Trinajstić information content (AvgIpc) is 2.98. The third-order valence-electron chi connectivity index (χ3n) is 4.87. The smallest absolute Gasteiger partial charge is 0.264 e. The fourth-order valence-electron chi connectivity index (χ4n) is 3.54. The Balaban J connectivity index is 1.55. The van der Waals surface area contributed by atoms with Gasteiger partial charge in [-0.2, -0.15) is 0 Å². The van der Waals surface area contributed by atoms with Crippen LogP contribution in [-0.2, 0) is 0 Å². The van der Waals surface area contributed by atoms with E-state index in [1.54, 1.807) is 12.4 Å². The Bertz CT molecular complexity index is 961. The van der Waals surface area contributed by atoms with Crippen LogP contribution in [0.2, 0.25) is 0 Å². The summed E-state index contributed by atoms with van der Waals surface area (Å²) in [6.45, 7) is 8.98. The molecule has 1 amide bonds. The molecule has 26 heavy (non-hydrogen) atoms. The number of anilines is 1. The molecule has 1 saturated heterocycles. The Morgan fingerprint density at radius 2 is 1.73 bits per heavy atom. The number of fused-ring (bicyclic) bond motifs is 1. The molecule has 134 valence electrons. The van der Waals surface area contributed by atoms with Crippen molar-refractivity contribution in [2.45, 2.75) is 20.8 Å². The van der Waals surface area contributed by atoms with Crippen LogP contribution in [0, 0.1) is 20.8 Å². The van der Waals surface area contributed by atoms with Crippen LogP contribution in [0.1, 0.15) is 26.8 Å². The molecule has 0 bridgehead atoms. The summed E-state index contributed by atoms with van der Waals surface area (Å²) in [5.41, 5.74) is 3.11. The fraction of sp³-hybridized carbons (Fsp3) is 0.368. The second-order valence-electron chi connectivity index (χ2n) is 6.58. The molecule has 0 aliphatic carbocycles. The predicted molar refractivity (Wildman–Crippen MR) is 104 cm³/mol. The highest BCUT2D eigenvalue weighted by atomic mass is 32.1. The van der Waals surface area contributed by atoms with Crippen molar-refractivity contribution in [1.82, 2.24) is 19.9 Å². The first-order valence-corrected chi connectivity index (χ1v) is 9.55. The second kappa shape index (κ2) is 6.64. The van der Waals surface area contributed by atoms with Crippen molar-refractivity contribution in [1.29, 1.82) is 0 Å². The number of amides is 1. The van der Waals surface area contributed by atoms with E-state index in [9.17, 15) is 4.79 Å². The summed E-state index contributed by atoms with van der Waals surface area (Å²) < 4.78 is 0. The molecule has 3 aromatic rings. The SMILES string of the molecule is Cc1nc(C)c2c(C)c(C(=O)N3CCN(c4ccncc4)CC3)sc2n1. The topological polar surface area (TPSA) is 62.2 Å². The van der Waals surface area contributed by atoms with Crippen molar-refractivity contribution in [3.63, 3.8) is 0 Å². The molecule has 0 atom stereocenters. The van der Waals surface area contributed by atoms with Gasteiger partial charge in [-0.1, -0.05) is 0 Å². The quantitative estimate of drug-likeness (QED) is 0.697. The number of carbonyl (C=O) groups excluding carboxylic acids is 1. The van der Waals surface area contributed by atoms with E-state index in [0.29, 0.717) is 0 Å². The molecule has 3 aromatic heterocycles. The number of piperazine rings is 1. The van der Waals surface area contributed by atoms with E-state index in [4.69, 9.17) is 0 Å². The Labute approximate surface area is 156 Å². The van der Waals surface area contributed by atoms with Gasteiger partial charge >= 0.3 is 0 Å². The zero-order valence-electron chi connectivity index (χ0n) is 15.2. The lowest BCUT2D eigenvalue weighted by atomic mass is 10.1. The maximum atomic E-state index is 13.1. The molecule has 0 aromatic carbocycles. The van der Waals surface area contributed by atoms with Crippen LogP contribution in [0.5, 0.6) is 0 Å². The monoisotopic (exact) mass is 367 g/mol. The molecule has 4 heterocycles. The Morgan fingerprint density at radius 1 is 1.04 bits per heavy atom. The van der Waals surface area contributed by atoms with Crippen molar-refractivity contribution in [3.05, 3.63) is 46.5 Å². The van der Waals surface area contributed by atoms with Gasteiger partial charge in [0.05, 0.1) is 4.88 Å². The van der Waals surface area contributed by atoms with Gasteiger partial charge in [0.15, 0.2) is 0 Å². The van der Waals surface area contributed by atoms with Crippen LogP contribution in [0.25, 0.3) is 10.2 Å². The van der Waals surface area contributed by atoms with Crippen LogP contribution >= 0.6 is 11.3 Å². The molecule has 7 heteroatoms. The number of carbonyl (C=O) groups is 1. The number of aryl methyl sites for hydroxylation is 3. The molecule has 1 aliphatic heterocycles. The van der Waals surface area contributed by atoms with Gasteiger partial charge in [-0.15, -0.1) is 11.3 Å². The molecule has 1 fully saturated rings. The van der Waals surface area contributed by atoms with Gasteiger partial charge in [-0.3, -0.25) is 9.78 Å². The first-order chi connectivity index (χ1) is 12.5. The Morgan fingerprint density at radius 3 is 2.42 bits per heavy atom. The molecule has 0 spiro atoms. The van der Waals surface area contributed by atoms with Gasteiger partial charge in [0.25, 0.3) is 5.91 Å². The summed E-state index contributed by atoms with van der Waals surface area (Å²) >= 11 is 1.49. The summed E-state index contributed by atoms with van der Waals surface area (Å²) in [7, 11) is 0. The van der Waals surface area contributed by atoms with Crippen LogP contribution in [0.15, 0.2) is 24.5 Å². The zero-order chi connectivity index (χ0) is 18.3. The highest BCUT2D eigenvalue weighted by molar-refractivity contribution is 7.20. The van der Waals surface area contributed by atoms with Crippen molar-refractivity contribution >= 4 is 33.1 Å². The first kappa shape index (κ1) is 16.9. The largest absolute Gasteiger partial charge is 0.368 e. The number of pyridine rings is 1. The number of nitrogens with zero attached hydrogens (tertiary/aromatic N) is 5. The lowest BCUT2D eigenvalue weighted by Gasteiger charge is -2.36. The maximum Gasteiger partial charge on any atom is 0.264 e. The summed E-state index contributed by atoms with van der Waals surface area (Å²) in [5.74, 6) is 0.859. The van der Waals surface area contributed by atoms with E-state index >= 15 is 0 Å². The second-order valence-corrected chi connectivity index (χ2v) is 7.58. The van der Waals surface area contributed by atoms with Gasteiger partial charge in [0, 0.05) is 55.3 Å². The number of aromatic nitrogens is 3. The van der Waals surface area contributed by atoms with Crippen LogP contribution in [-0.4, -0.2) is 51.9 Å². The third kappa shape index (κ3) is 2.92. The van der Waals surface area contributed by atoms with Crippen LogP contribution in [0.4, 0.5) is 5.69 Å². The minimum absolute atomic E-state index is 0.108. The molecule has 6 nitrogen and oxygen atoms in total. The van der Waals surface area contributed by atoms with E-state index in [0.717, 1.165) is 64.0 Å². The summed E-state index contributed by atoms with van der Waals surface area (Å²) in [4.78, 5) is 32.1. The molecule has 1 aliphatic rings. The zero-order valence-corrected chi connectivity index (χ0v) is 16.0. The minimum Gasteiger partial charge on any atom is -0.368 e. The molecule has 4 rings (SSSR count). The first-order valence-electron chi connectivity index (χ1n) is 8.73. The van der Waals surface area contributed by atoms with Crippen molar-refractivity contribution in [2.75, 3.05) is 31.1 Å². The van der Waals surface area contributed by atoms with Crippen LogP contribution < -0.4 is 4.90 Å². The summed E-state index contributed by atoms with van der Waals surface area (Å²) in [6, 6.07) is 4.02. The Kier molecular flexibility index (Phi) is 4.32. The Hall–Kier alpha value is -2.54. The lowest BCUT2D eigenvalue weighted by molar-refractivity contribution is 0.0751. The standard InChI is InChI=1S/C19H21N5OS/c1-12-16-13(2)21-14(3)22-18(16)26-17(12)19(25)24-10-8-23(9-11-24)15-4-6-20-7-5-15/h4-7H,8-11H2,1-3H3. The highest BCUT2D eigenvalue weighted by Gasteiger charge is 2.26. The molecule has 0 saturated carbocycles. The van der Waals surface area contributed by atoms with Gasteiger partial charge in [-0.05, 0) is 38.5 Å². The number of hydrogen-bond acceptors (Lipinski definition) is 6. The lowest BCUT2D eigenvalue weighted by Crippen LogP contribution is -2.48. The third-order valence-corrected chi connectivity index (χ3v) is 6.05. The van der Waals surface area contributed by atoms with Crippen molar-refractivity contribution in [2.24, 2.45) is 0 Å². The van der Waals surface area contributed by atoms with E-state index in [1.165, 1.54) is 11.3 Å². The van der Waals surface area contributed by atoms with E-state index < -0.39 is 0 Å². The predicted octanol–water partition coefficient (Wildman–Crippen LogP) is 2.97. The fourth-order valence-corrected chi connectivity index (χ4v) is 4.79. The number of hydrogen-bond donors (Lipinski definition) is 0. The molecule has 0 N–H and O–H groups in total. The molecular weight excluding hydrogens is 346 g/mol.